The van der Waals surface area contributed by atoms with Crippen molar-refractivity contribution < 1.29 is 14.0 Å². The van der Waals surface area contributed by atoms with Gasteiger partial charge in [0.2, 0.25) is 5.91 Å². The molecule has 1 aliphatic heterocycles. The Hall–Kier alpha value is -2.28. The molecule has 4 saturated carbocycles. The van der Waals surface area contributed by atoms with E-state index in [1.165, 1.54) is 19.3 Å². The second-order valence-corrected chi connectivity index (χ2v) is 11.6. The van der Waals surface area contributed by atoms with Gasteiger partial charge < -0.3 is 20.0 Å². The van der Waals surface area contributed by atoms with E-state index in [2.05, 4.69) is 15.6 Å². The third-order valence-corrected chi connectivity index (χ3v) is 8.84. The number of hydrogen-bond acceptors (Lipinski definition) is 4. The van der Waals surface area contributed by atoms with Crippen LogP contribution in [0.5, 0.6) is 0 Å². The van der Waals surface area contributed by atoms with Crippen LogP contribution in [0.15, 0.2) is 22.6 Å². The van der Waals surface area contributed by atoms with Crippen molar-refractivity contribution in [2.75, 3.05) is 19.6 Å². The average molecular weight is 485 g/mol. The topological polar surface area (TPSA) is 87.5 Å². The number of urea groups is 1. The van der Waals surface area contributed by atoms with Crippen LogP contribution in [-0.4, -0.2) is 47.0 Å². The van der Waals surface area contributed by atoms with Gasteiger partial charge in [0.1, 0.15) is 5.52 Å². The number of carbonyl (C=O) groups excluding carboxylic acids is 2. The second-order valence-electron chi connectivity index (χ2n) is 11.1. The minimum Gasteiger partial charge on any atom is -0.440 e. The molecule has 7 rings (SSSR count). The van der Waals surface area contributed by atoms with Crippen LogP contribution in [0.3, 0.4) is 0 Å². The molecule has 2 N–H and O–H groups in total. The molecule has 1 aromatic carbocycles. The number of fused-ring (bicyclic) bond motifs is 1. The maximum Gasteiger partial charge on any atom is 0.315 e. The van der Waals surface area contributed by atoms with Crippen molar-refractivity contribution in [1.82, 2.24) is 20.5 Å². The second kappa shape index (κ2) is 8.74. The highest BCUT2D eigenvalue weighted by atomic mass is 35.5. The molecule has 8 heteroatoms. The Labute approximate surface area is 205 Å². The summed E-state index contributed by atoms with van der Waals surface area (Å²) in [6.07, 6.45) is 9.45. The zero-order valence-corrected chi connectivity index (χ0v) is 20.3. The summed E-state index contributed by atoms with van der Waals surface area (Å²) in [5.74, 6) is 3.42. The molecule has 2 heterocycles. The molecule has 182 valence electrons. The Balaban J connectivity index is 0.949. The largest absolute Gasteiger partial charge is 0.440 e. The first-order chi connectivity index (χ1) is 16.4. The van der Waals surface area contributed by atoms with E-state index >= 15 is 0 Å². The number of aromatic nitrogens is 1. The molecule has 0 atom stereocenters. The van der Waals surface area contributed by atoms with Crippen molar-refractivity contribution in [3.05, 3.63) is 29.1 Å². The molecule has 34 heavy (non-hydrogen) atoms. The van der Waals surface area contributed by atoms with Crippen molar-refractivity contribution in [2.24, 2.45) is 17.8 Å². The Morgan fingerprint density at radius 2 is 1.76 bits per heavy atom. The Morgan fingerprint density at radius 1 is 1.09 bits per heavy atom. The van der Waals surface area contributed by atoms with Gasteiger partial charge in [0.25, 0.3) is 0 Å². The number of benzene rings is 1. The number of hydrogen-bond donors (Lipinski definition) is 2. The van der Waals surface area contributed by atoms with Crippen LogP contribution in [0, 0.1) is 17.8 Å². The summed E-state index contributed by atoms with van der Waals surface area (Å²) in [6.45, 7) is 1.74. The number of oxazole rings is 1. The van der Waals surface area contributed by atoms with Crippen molar-refractivity contribution in [3.8, 4) is 0 Å². The number of halogens is 1. The lowest BCUT2D eigenvalue weighted by Gasteiger charge is -2.56. The molecule has 5 aliphatic rings. The molecule has 7 nitrogen and oxygen atoms in total. The van der Waals surface area contributed by atoms with Gasteiger partial charge in [-0.05, 0) is 87.3 Å². The molecule has 0 unspecified atom stereocenters. The number of amides is 3. The molecular formula is C26H33ClN4O3. The molecule has 0 spiro atoms. The van der Waals surface area contributed by atoms with E-state index in [1.54, 1.807) is 6.07 Å². The van der Waals surface area contributed by atoms with Gasteiger partial charge in [-0.1, -0.05) is 11.6 Å². The highest BCUT2D eigenvalue weighted by Gasteiger charge is 2.51. The van der Waals surface area contributed by atoms with Gasteiger partial charge in [-0.3, -0.25) is 4.79 Å². The molecule has 5 fully saturated rings. The molecule has 2 aromatic rings. The lowest BCUT2D eigenvalue weighted by molar-refractivity contribution is -0.132. The minimum absolute atomic E-state index is 0.000741. The van der Waals surface area contributed by atoms with Crippen LogP contribution in [0.4, 0.5) is 4.79 Å². The molecule has 1 aromatic heterocycles. The average Bonchev–Trinajstić information content (AvgIpc) is 3.21. The Morgan fingerprint density at radius 3 is 2.44 bits per heavy atom. The summed E-state index contributed by atoms with van der Waals surface area (Å²) < 4.78 is 5.92. The molecule has 4 aliphatic carbocycles. The summed E-state index contributed by atoms with van der Waals surface area (Å²) in [6, 6.07) is 5.36. The third-order valence-electron chi connectivity index (χ3n) is 8.60. The highest BCUT2D eigenvalue weighted by molar-refractivity contribution is 6.31. The van der Waals surface area contributed by atoms with Gasteiger partial charge in [0, 0.05) is 42.5 Å². The van der Waals surface area contributed by atoms with Crippen molar-refractivity contribution in [2.45, 2.75) is 69.2 Å². The lowest BCUT2D eigenvalue weighted by Crippen LogP contribution is -2.61. The quantitative estimate of drug-likeness (QED) is 0.635. The van der Waals surface area contributed by atoms with Crippen LogP contribution in [-0.2, 0) is 4.79 Å². The van der Waals surface area contributed by atoms with Crippen molar-refractivity contribution in [1.29, 1.82) is 0 Å². The van der Waals surface area contributed by atoms with Gasteiger partial charge in [-0.25, -0.2) is 9.78 Å². The fourth-order valence-electron chi connectivity index (χ4n) is 7.46. The van der Waals surface area contributed by atoms with Crippen LogP contribution < -0.4 is 10.6 Å². The summed E-state index contributed by atoms with van der Waals surface area (Å²) in [7, 11) is 0. The molecule has 0 radical (unpaired) electrons. The monoisotopic (exact) mass is 484 g/mol. The van der Waals surface area contributed by atoms with Gasteiger partial charge in [0.05, 0.1) is 0 Å². The van der Waals surface area contributed by atoms with E-state index in [9.17, 15) is 9.59 Å². The highest BCUT2D eigenvalue weighted by Crippen LogP contribution is 2.55. The fraction of sp³-hybridized carbons (Fsp3) is 0.654. The summed E-state index contributed by atoms with van der Waals surface area (Å²) in [4.78, 5) is 31.8. The first-order valence-corrected chi connectivity index (χ1v) is 13.2. The van der Waals surface area contributed by atoms with E-state index in [4.69, 9.17) is 16.0 Å². The number of nitrogens with zero attached hydrogens (tertiary/aromatic N) is 2. The maximum atomic E-state index is 12.7. The first-order valence-electron chi connectivity index (χ1n) is 12.8. The summed E-state index contributed by atoms with van der Waals surface area (Å²) in [5, 5.41) is 6.91. The van der Waals surface area contributed by atoms with Crippen molar-refractivity contribution >= 4 is 34.6 Å². The van der Waals surface area contributed by atoms with Gasteiger partial charge in [-0.2, -0.15) is 0 Å². The van der Waals surface area contributed by atoms with E-state index in [-0.39, 0.29) is 23.4 Å². The Bertz CT molecular complexity index is 1060. The normalized spacial score (nSPS) is 30.6. The van der Waals surface area contributed by atoms with Gasteiger partial charge in [0.15, 0.2) is 11.5 Å². The maximum absolute atomic E-state index is 12.7. The third kappa shape index (κ3) is 4.39. The van der Waals surface area contributed by atoms with E-state index in [0.717, 1.165) is 66.8 Å². The predicted molar refractivity (Wildman–Crippen MR) is 130 cm³/mol. The van der Waals surface area contributed by atoms with Crippen molar-refractivity contribution in [3.63, 3.8) is 0 Å². The van der Waals surface area contributed by atoms with E-state index in [0.29, 0.717) is 31.1 Å². The number of nitrogens with one attached hydrogen (secondary N) is 2. The lowest BCUT2D eigenvalue weighted by atomic mass is 9.53. The SMILES string of the molecule is O=C(NCCC(=O)N1CCC(c2nc3cc(Cl)ccc3o2)CC1)NC12CC3CC(CC(C3)C1)C2. The molecule has 1 saturated heterocycles. The molecular weight excluding hydrogens is 452 g/mol. The smallest absolute Gasteiger partial charge is 0.315 e. The van der Waals surface area contributed by atoms with Gasteiger partial charge in [-0.15, -0.1) is 0 Å². The first kappa shape index (κ1) is 22.2. The number of rotatable bonds is 5. The predicted octanol–water partition coefficient (Wildman–Crippen LogP) is 4.85. The van der Waals surface area contributed by atoms with E-state index in [1.807, 2.05) is 17.0 Å². The van der Waals surface area contributed by atoms with Gasteiger partial charge >= 0.3 is 6.03 Å². The number of likely N-dealkylation sites (tertiary alicyclic amines) is 1. The van der Waals surface area contributed by atoms with Crippen LogP contribution in [0.1, 0.15) is 69.6 Å². The van der Waals surface area contributed by atoms with Crippen LogP contribution in [0.25, 0.3) is 11.1 Å². The fourth-order valence-corrected chi connectivity index (χ4v) is 7.63. The zero-order valence-electron chi connectivity index (χ0n) is 19.5. The summed E-state index contributed by atoms with van der Waals surface area (Å²) in [5.41, 5.74) is 1.52. The molecule has 3 amide bonds. The summed E-state index contributed by atoms with van der Waals surface area (Å²) >= 11 is 6.05. The molecule has 4 bridgehead atoms. The number of carbonyl (C=O) groups is 2. The van der Waals surface area contributed by atoms with E-state index < -0.39 is 0 Å². The van der Waals surface area contributed by atoms with Crippen LogP contribution in [0.2, 0.25) is 5.02 Å². The zero-order chi connectivity index (χ0) is 23.3. The standard InChI is InChI=1S/C26H33ClN4O3/c27-20-1-2-22-21(12-20)29-24(34-22)19-4-7-31(8-5-19)23(32)3-6-28-25(33)30-26-13-16-9-17(14-26)11-18(10-16)15-26/h1-2,12,16-19H,3-11,13-15H2,(H2,28,30,33). The Kier molecular flexibility index (Phi) is 5.71. The van der Waals surface area contributed by atoms with Crippen LogP contribution >= 0.6 is 11.6 Å². The minimum atomic E-state index is -0.107. The number of piperidine rings is 1.